The van der Waals surface area contributed by atoms with Crippen molar-refractivity contribution in [3.8, 4) is 0 Å². The maximum Gasteiger partial charge on any atom is 0.221 e. The summed E-state index contributed by atoms with van der Waals surface area (Å²) in [5.74, 6) is 0.994. The lowest BCUT2D eigenvalue weighted by Crippen LogP contribution is -2.25. The Bertz CT molecular complexity index is 458. The number of amides is 1. The first kappa shape index (κ1) is 12.7. The first-order valence-corrected chi connectivity index (χ1v) is 7.25. The zero-order valence-electron chi connectivity index (χ0n) is 11.5. The molecule has 0 aliphatic heterocycles. The van der Waals surface area contributed by atoms with E-state index in [-0.39, 0.29) is 5.91 Å². The van der Waals surface area contributed by atoms with Gasteiger partial charge in [0.2, 0.25) is 5.91 Å². The van der Waals surface area contributed by atoms with Gasteiger partial charge in [-0.2, -0.15) is 0 Å². The molecule has 0 heterocycles. The molecule has 3 rings (SSSR count). The van der Waals surface area contributed by atoms with Crippen molar-refractivity contribution in [3.63, 3.8) is 0 Å². The minimum absolute atomic E-state index is 0.0222. The van der Waals surface area contributed by atoms with Gasteiger partial charge in [0.15, 0.2) is 0 Å². The van der Waals surface area contributed by atoms with Gasteiger partial charge in [-0.1, -0.05) is 12.1 Å². The second-order valence-electron chi connectivity index (χ2n) is 6.12. The molecule has 3 heteroatoms. The van der Waals surface area contributed by atoms with Crippen molar-refractivity contribution in [2.24, 2.45) is 11.3 Å². The summed E-state index contributed by atoms with van der Waals surface area (Å²) in [6.45, 7) is 3.63. The number of carbonyl (C=O) groups is 1. The van der Waals surface area contributed by atoms with Crippen LogP contribution in [0.3, 0.4) is 0 Å². The number of nitrogens with one attached hydrogen (secondary N) is 2. The SMILES string of the molecule is CC(=O)Nc1ccc(CNCC2(C3CC3)CC2)cc1. The van der Waals surface area contributed by atoms with Gasteiger partial charge in [-0.25, -0.2) is 0 Å². The fraction of sp³-hybridized carbons (Fsp3) is 0.562. The van der Waals surface area contributed by atoms with Gasteiger partial charge in [0.1, 0.15) is 0 Å². The summed E-state index contributed by atoms with van der Waals surface area (Å²) in [5, 5.41) is 6.38. The topological polar surface area (TPSA) is 41.1 Å². The highest BCUT2D eigenvalue weighted by Gasteiger charge is 2.53. The normalized spacial score (nSPS) is 20.1. The van der Waals surface area contributed by atoms with Crippen LogP contribution in [0, 0.1) is 11.3 Å². The number of anilines is 1. The molecule has 19 heavy (non-hydrogen) atoms. The predicted molar refractivity (Wildman–Crippen MR) is 76.8 cm³/mol. The van der Waals surface area contributed by atoms with Crippen LogP contribution in [0.1, 0.15) is 38.2 Å². The fourth-order valence-electron chi connectivity index (χ4n) is 2.95. The molecule has 2 fully saturated rings. The third-order valence-electron chi connectivity index (χ3n) is 4.42. The molecule has 1 aromatic rings. The van der Waals surface area contributed by atoms with E-state index in [2.05, 4.69) is 22.8 Å². The van der Waals surface area contributed by atoms with Gasteiger partial charge < -0.3 is 10.6 Å². The van der Waals surface area contributed by atoms with E-state index in [1.807, 2.05) is 12.1 Å². The van der Waals surface area contributed by atoms with Crippen molar-refractivity contribution in [1.29, 1.82) is 0 Å². The Morgan fingerprint density at radius 1 is 1.26 bits per heavy atom. The molecule has 1 aromatic carbocycles. The van der Waals surface area contributed by atoms with Crippen molar-refractivity contribution in [3.05, 3.63) is 29.8 Å². The Labute approximate surface area is 114 Å². The Morgan fingerprint density at radius 2 is 1.95 bits per heavy atom. The summed E-state index contributed by atoms with van der Waals surface area (Å²) in [5.41, 5.74) is 2.81. The predicted octanol–water partition coefficient (Wildman–Crippen LogP) is 2.92. The van der Waals surface area contributed by atoms with E-state index in [1.54, 1.807) is 0 Å². The van der Waals surface area contributed by atoms with Crippen LogP contribution in [0.5, 0.6) is 0 Å². The Morgan fingerprint density at radius 3 is 2.47 bits per heavy atom. The molecule has 0 aromatic heterocycles. The van der Waals surface area contributed by atoms with Crippen LogP contribution < -0.4 is 10.6 Å². The standard InChI is InChI=1S/C16H22N2O/c1-12(19)18-15-6-2-13(3-7-15)10-17-11-16(8-9-16)14-4-5-14/h2-3,6-7,14,17H,4-5,8-11H2,1H3,(H,18,19). The van der Waals surface area contributed by atoms with E-state index in [4.69, 9.17) is 0 Å². The van der Waals surface area contributed by atoms with Crippen molar-refractivity contribution in [2.75, 3.05) is 11.9 Å². The third kappa shape index (κ3) is 3.16. The average molecular weight is 258 g/mol. The first-order valence-electron chi connectivity index (χ1n) is 7.25. The molecule has 0 bridgehead atoms. The second kappa shape index (κ2) is 4.97. The Balaban J connectivity index is 1.46. The lowest BCUT2D eigenvalue weighted by molar-refractivity contribution is -0.114. The van der Waals surface area contributed by atoms with E-state index in [0.717, 1.165) is 18.2 Å². The minimum atomic E-state index is -0.0222. The molecule has 0 saturated heterocycles. The fourth-order valence-corrected chi connectivity index (χ4v) is 2.95. The van der Waals surface area contributed by atoms with Crippen LogP contribution in [0.25, 0.3) is 0 Å². The summed E-state index contributed by atoms with van der Waals surface area (Å²) in [7, 11) is 0. The van der Waals surface area contributed by atoms with Gasteiger partial charge in [-0.05, 0) is 54.7 Å². The van der Waals surface area contributed by atoms with Gasteiger partial charge >= 0.3 is 0 Å². The molecule has 3 nitrogen and oxygen atoms in total. The number of hydrogen-bond acceptors (Lipinski definition) is 2. The monoisotopic (exact) mass is 258 g/mol. The van der Waals surface area contributed by atoms with Crippen molar-refractivity contribution < 1.29 is 4.79 Å². The zero-order chi connectivity index (χ0) is 13.3. The summed E-state index contributed by atoms with van der Waals surface area (Å²) < 4.78 is 0. The van der Waals surface area contributed by atoms with Gasteiger partial charge in [0.25, 0.3) is 0 Å². The molecule has 2 aliphatic carbocycles. The van der Waals surface area contributed by atoms with Crippen LogP contribution in [0.2, 0.25) is 0 Å². The van der Waals surface area contributed by atoms with Gasteiger partial charge in [0.05, 0.1) is 0 Å². The Kier molecular flexibility index (Phi) is 3.31. The maximum absolute atomic E-state index is 10.9. The smallest absolute Gasteiger partial charge is 0.221 e. The first-order chi connectivity index (χ1) is 9.18. The van der Waals surface area contributed by atoms with Crippen LogP contribution in [0.4, 0.5) is 5.69 Å². The van der Waals surface area contributed by atoms with E-state index < -0.39 is 0 Å². The largest absolute Gasteiger partial charge is 0.326 e. The molecule has 2 N–H and O–H groups in total. The van der Waals surface area contributed by atoms with E-state index >= 15 is 0 Å². The molecule has 2 aliphatic rings. The van der Waals surface area contributed by atoms with E-state index in [9.17, 15) is 4.79 Å². The lowest BCUT2D eigenvalue weighted by Gasteiger charge is -2.15. The highest BCUT2D eigenvalue weighted by Crippen LogP contribution is 2.60. The number of benzene rings is 1. The molecule has 2 saturated carbocycles. The molecule has 0 radical (unpaired) electrons. The summed E-state index contributed by atoms with van der Waals surface area (Å²) in [6.07, 6.45) is 5.75. The highest BCUT2D eigenvalue weighted by molar-refractivity contribution is 5.88. The summed E-state index contributed by atoms with van der Waals surface area (Å²) in [6, 6.07) is 8.09. The second-order valence-corrected chi connectivity index (χ2v) is 6.12. The minimum Gasteiger partial charge on any atom is -0.326 e. The molecule has 1 amide bonds. The van der Waals surface area contributed by atoms with E-state index in [1.165, 1.54) is 44.7 Å². The van der Waals surface area contributed by atoms with Gasteiger partial charge in [-0.3, -0.25) is 4.79 Å². The van der Waals surface area contributed by atoms with Crippen LogP contribution in [-0.2, 0) is 11.3 Å². The molecule has 0 spiro atoms. The van der Waals surface area contributed by atoms with Crippen LogP contribution in [-0.4, -0.2) is 12.5 Å². The zero-order valence-corrected chi connectivity index (χ0v) is 11.5. The molecular formula is C16H22N2O. The third-order valence-corrected chi connectivity index (χ3v) is 4.42. The molecule has 102 valence electrons. The molecule has 0 atom stereocenters. The van der Waals surface area contributed by atoms with Crippen molar-refractivity contribution >= 4 is 11.6 Å². The van der Waals surface area contributed by atoms with E-state index in [0.29, 0.717) is 5.41 Å². The van der Waals surface area contributed by atoms with Crippen LogP contribution >= 0.6 is 0 Å². The quantitative estimate of drug-likeness (QED) is 0.823. The number of hydrogen-bond donors (Lipinski definition) is 2. The Hall–Kier alpha value is -1.35. The van der Waals surface area contributed by atoms with Crippen LogP contribution in [0.15, 0.2) is 24.3 Å². The maximum atomic E-state index is 10.9. The van der Waals surface area contributed by atoms with Crippen molar-refractivity contribution in [1.82, 2.24) is 5.32 Å². The molecule has 0 unspecified atom stereocenters. The van der Waals surface area contributed by atoms with Gasteiger partial charge in [0, 0.05) is 25.7 Å². The van der Waals surface area contributed by atoms with Gasteiger partial charge in [-0.15, -0.1) is 0 Å². The number of rotatable bonds is 6. The van der Waals surface area contributed by atoms with Crippen molar-refractivity contribution in [2.45, 2.75) is 39.2 Å². The molecular weight excluding hydrogens is 236 g/mol. The number of carbonyl (C=O) groups excluding carboxylic acids is 1. The highest BCUT2D eigenvalue weighted by atomic mass is 16.1. The average Bonchev–Trinajstić information content (AvgIpc) is 3.25. The lowest BCUT2D eigenvalue weighted by atomic mass is 10.0. The summed E-state index contributed by atoms with van der Waals surface area (Å²) in [4.78, 5) is 10.9. The summed E-state index contributed by atoms with van der Waals surface area (Å²) >= 11 is 0.